The Bertz CT molecular complexity index is 1250. The number of amides is 3. The van der Waals surface area contributed by atoms with Crippen LogP contribution < -0.4 is 10.1 Å². The molecule has 2 aliphatic rings. The number of anilines is 1. The zero-order valence-electron chi connectivity index (χ0n) is 20.2. The van der Waals surface area contributed by atoms with Gasteiger partial charge in [-0.25, -0.2) is 0 Å². The number of nitrogens with one attached hydrogen (secondary N) is 1. The van der Waals surface area contributed by atoms with E-state index in [9.17, 15) is 14.4 Å². The molecule has 0 spiro atoms. The first-order valence-electron chi connectivity index (χ1n) is 12.2. The van der Waals surface area contributed by atoms with E-state index < -0.39 is 6.04 Å². The summed E-state index contributed by atoms with van der Waals surface area (Å²) < 4.78 is 6.78. The molecule has 3 aromatic rings. The monoisotopic (exact) mass is 487 g/mol. The highest BCUT2D eigenvalue weighted by molar-refractivity contribution is 6.02. The molecule has 1 atom stereocenters. The van der Waals surface area contributed by atoms with Crippen molar-refractivity contribution in [3.05, 3.63) is 77.6 Å². The molecule has 9 nitrogen and oxygen atoms in total. The second-order valence-corrected chi connectivity index (χ2v) is 9.08. The predicted octanol–water partition coefficient (Wildman–Crippen LogP) is 3.18. The third kappa shape index (κ3) is 4.82. The predicted molar refractivity (Wildman–Crippen MR) is 134 cm³/mol. The van der Waals surface area contributed by atoms with Crippen LogP contribution in [-0.2, 0) is 17.9 Å². The van der Waals surface area contributed by atoms with Gasteiger partial charge in [0.2, 0.25) is 5.91 Å². The van der Waals surface area contributed by atoms with Crippen LogP contribution in [0.2, 0.25) is 0 Å². The number of hydrogen-bond acceptors (Lipinski definition) is 5. The fourth-order valence-corrected chi connectivity index (χ4v) is 4.82. The summed E-state index contributed by atoms with van der Waals surface area (Å²) in [5.74, 6) is -0.0116. The van der Waals surface area contributed by atoms with Crippen LogP contribution in [-0.4, -0.2) is 63.5 Å². The van der Waals surface area contributed by atoms with Crippen LogP contribution in [0.15, 0.2) is 60.7 Å². The van der Waals surface area contributed by atoms with Gasteiger partial charge in [0.05, 0.1) is 7.11 Å². The van der Waals surface area contributed by atoms with Crippen molar-refractivity contribution in [1.82, 2.24) is 19.6 Å². The summed E-state index contributed by atoms with van der Waals surface area (Å²) in [6.45, 7) is 2.16. The Morgan fingerprint density at radius 1 is 1.03 bits per heavy atom. The van der Waals surface area contributed by atoms with E-state index >= 15 is 0 Å². The molecule has 1 aromatic heterocycles. The molecule has 1 fully saturated rings. The van der Waals surface area contributed by atoms with Gasteiger partial charge in [0, 0.05) is 37.9 Å². The summed E-state index contributed by atoms with van der Waals surface area (Å²) in [5, 5.41) is 7.37. The Kier molecular flexibility index (Phi) is 6.71. The molecule has 0 radical (unpaired) electrons. The van der Waals surface area contributed by atoms with Gasteiger partial charge in [0.15, 0.2) is 5.69 Å². The minimum Gasteiger partial charge on any atom is -0.497 e. The number of benzene rings is 2. The number of carbonyl (C=O) groups excluding carboxylic acids is 3. The maximum absolute atomic E-state index is 13.4. The Labute approximate surface area is 209 Å². The molecule has 1 saturated heterocycles. The molecule has 0 bridgehead atoms. The van der Waals surface area contributed by atoms with Crippen LogP contribution in [0, 0.1) is 0 Å². The van der Waals surface area contributed by atoms with Crippen LogP contribution >= 0.6 is 0 Å². The van der Waals surface area contributed by atoms with Gasteiger partial charge in [0.1, 0.15) is 17.5 Å². The molecule has 1 N–H and O–H groups in total. The molecule has 186 valence electrons. The normalized spacial score (nSPS) is 17.5. The van der Waals surface area contributed by atoms with Crippen molar-refractivity contribution in [3.63, 3.8) is 0 Å². The van der Waals surface area contributed by atoms with Crippen LogP contribution in [0.3, 0.4) is 0 Å². The van der Waals surface area contributed by atoms with Crippen LogP contribution in [0.1, 0.15) is 45.8 Å². The highest BCUT2D eigenvalue weighted by Gasteiger charge is 2.36. The lowest BCUT2D eigenvalue weighted by Gasteiger charge is -2.23. The van der Waals surface area contributed by atoms with Gasteiger partial charge in [-0.3, -0.25) is 19.1 Å². The number of hydrogen-bond donors (Lipinski definition) is 1. The summed E-state index contributed by atoms with van der Waals surface area (Å²) in [6, 6.07) is 17.9. The average Bonchev–Trinajstić information content (AvgIpc) is 3.54. The largest absolute Gasteiger partial charge is 0.497 e. The fraction of sp³-hybridized carbons (Fsp3) is 0.333. The summed E-state index contributed by atoms with van der Waals surface area (Å²) >= 11 is 0. The van der Waals surface area contributed by atoms with Crippen LogP contribution in [0.4, 0.5) is 5.69 Å². The van der Waals surface area contributed by atoms with Gasteiger partial charge in [-0.2, -0.15) is 5.10 Å². The molecule has 2 aliphatic heterocycles. The van der Waals surface area contributed by atoms with Crippen LogP contribution in [0.5, 0.6) is 5.75 Å². The molecule has 0 aliphatic carbocycles. The van der Waals surface area contributed by atoms with Crippen molar-refractivity contribution < 1.29 is 19.1 Å². The zero-order chi connectivity index (χ0) is 25.1. The number of aromatic nitrogens is 2. The average molecular weight is 488 g/mol. The van der Waals surface area contributed by atoms with Gasteiger partial charge >= 0.3 is 0 Å². The highest BCUT2D eigenvalue weighted by atomic mass is 16.5. The number of rotatable bonds is 6. The second-order valence-electron chi connectivity index (χ2n) is 9.08. The summed E-state index contributed by atoms with van der Waals surface area (Å²) in [5.41, 5.74) is 2.30. The second kappa shape index (κ2) is 10.2. The van der Waals surface area contributed by atoms with Gasteiger partial charge in [0.25, 0.3) is 11.8 Å². The van der Waals surface area contributed by atoms with Crippen molar-refractivity contribution in [2.45, 2.75) is 38.4 Å². The van der Waals surface area contributed by atoms with E-state index in [-0.39, 0.29) is 23.4 Å². The number of fused-ring (bicyclic) bond motifs is 1. The standard InChI is InChI=1S/C27H29N5O4/c1-36-21-12-10-20(11-13-21)28-25(33)23-9-5-15-31(23)26(34)22-17-24-27(35)30(14-6-16-32(24)29-22)18-19-7-3-2-4-8-19/h2-4,7-8,10-13,17,23H,5-6,9,14-16,18H2,1H3,(H,28,33). The number of likely N-dealkylation sites (tertiary alicyclic amines) is 1. The van der Waals surface area contributed by atoms with E-state index in [0.717, 1.165) is 18.4 Å². The van der Waals surface area contributed by atoms with Crippen molar-refractivity contribution >= 4 is 23.4 Å². The molecule has 5 rings (SSSR count). The first kappa shape index (κ1) is 23.6. The lowest BCUT2D eigenvalue weighted by molar-refractivity contribution is -0.119. The van der Waals surface area contributed by atoms with E-state index in [1.807, 2.05) is 30.3 Å². The topological polar surface area (TPSA) is 96.8 Å². The Balaban J connectivity index is 1.30. The van der Waals surface area contributed by atoms with Gasteiger partial charge in [-0.1, -0.05) is 30.3 Å². The summed E-state index contributed by atoms with van der Waals surface area (Å²) in [7, 11) is 1.58. The quantitative estimate of drug-likeness (QED) is 0.576. The third-order valence-electron chi connectivity index (χ3n) is 6.69. The van der Waals surface area contributed by atoms with Crippen molar-refractivity contribution in [2.24, 2.45) is 0 Å². The van der Waals surface area contributed by atoms with E-state index in [2.05, 4.69) is 10.4 Å². The van der Waals surface area contributed by atoms with E-state index in [1.165, 1.54) is 0 Å². The molecule has 9 heteroatoms. The molecular weight excluding hydrogens is 458 g/mol. The Hall–Kier alpha value is -4.14. The van der Waals surface area contributed by atoms with Crippen LogP contribution in [0.25, 0.3) is 0 Å². The molecule has 0 saturated carbocycles. The molecule has 3 amide bonds. The summed E-state index contributed by atoms with van der Waals surface area (Å²) in [6.07, 6.45) is 2.05. The minimum atomic E-state index is -0.591. The Morgan fingerprint density at radius 2 is 1.81 bits per heavy atom. The van der Waals surface area contributed by atoms with Gasteiger partial charge in [-0.05, 0) is 49.1 Å². The zero-order valence-corrected chi connectivity index (χ0v) is 20.2. The number of methoxy groups -OCH3 is 1. The molecule has 3 heterocycles. The molecule has 2 aromatic carbocycles. The fourth-order valence-electron chi connectivity index (χ4n) is 4.82. The van der Waals surface area contributed by atoms with E-state index in [1.54, 1.807) is 51.9 Å². The maximum Gasteiger partial charge on any atom is 0.275 e. The number of ether oxygens (including phenoxy) is 1. The lowest BCUT2D eigenvalue weighted by atomic mass is 10.2. The van der Waals surface area contributed by atoms with Crippen molar-refractivity contribution in [1.29, 1.82) is 0 Å². The SMILES string of the molecule is COc1ccc(NC(=O)C2CCCN2C(=O)c2cc3n(n2)CCCN(Cc2ccccc2)C3=O)cc1. The van der Waals surface area contributed by atoms with Crippen molar-refractivity contribution in [2.75, 3.05) is 25.5 Å². The number of aryl methyl sites for hydroxylation is 1. The number of carbonyl (C=O) groups is 3. The third-order valence-corrected chi connectivity index (χ3v) is 6.69. The maximum atomic E-state index is 13.4. The van der Waals surface area contributed by atoms with E-state index in [4.69, 9.17) is 4.74 Å². The first-order chi connectivity index (χ1) is 17.5. The Morgan fingerprint density at radius 3 is 2.56 bits per heavy atom. The van der Waals surface area contributed by atoms with E-state index in [0.29, 0.717) is 49.7 Å². The molecule has 36 heavy (non-hydrogen) atoms. The molecular formula is C27H29N5O4. The highest BCUT2D eigenvalue weighted by Crippen LogP contribution is 2.24. The lowest BCUT2D eigenvalue weighted by Crippen LogP contribution is -2.43. The number of nitrogens with zero attached hydrogens (tertiary/aromatic N) is 4. The van der Waals surface area contributed by atoms with Gasteiger partial charge in [-0.15, -0.1) is 0 Å². The summed E-state index contributed by atoms with van der Waals surface area (Å²) in [4.78, 5) is 43.1. The van der Waals surface area contributed by atoms with Gasteiger partial charge < -0.3 is 19.9 Å². The smallest absolute Gasteiger partial charge is 0.275 e. The minimum absolute atomic E-state index is 0.141. The van der Waals surface area contributed by atoms with Crippen molar-refractivity contribution in [3.8, 4) is 5.75 Å². The molecule has 1 unspecified atom stereocenters. The first-order valence-corrected chi connectivity index (χ1v) is 12.2.